The molecule has 9 nitrogen and oxygen atoms in total. The first-order valence-corrected chi connectivity index (χ1v) is 11.5. The summed E-state index contributed by atoms with van der Waals surface area (Å²) in [6.45, 7) is 4.33. The van der Waals surface area contributed by atoms with Crippen molar-refractivity contribution in [3.05, 3.63) is 105 Å². The van der Waals surface area contributed by atoms with Crippen molar-refractivity contribution < 1.29 is 24.4 Å². The lowest BCUT2D eigenvalue weighted by Crippen LogP contribution is -2.29. The summed E-state index contributed by atoms with van der Waals surface area (Å²) in [4.78, 5) is 42.7. The third kappa shape index (κ3) is 4.81. The number of carbonyl (C=O) groups excluding carboxylic acids is 2. The normalized spacial score (nSPS) is 16.8. The standard InChI is InChI=1S/C27H25N3O6/c1-3-12-36-21-9-10-22(17(2)13-21)25(31)23-24(19-7-4-8-20(14-19)30(34)35)29(27(33)26(23)32)16-18-6-5-11-28-15-18/h4-11,13-15,24,31H,3,12,16H2,1-2H3/t24-/m1/s1. The van der Waals surface area contributed by atoms with Gasteiger partial charge in [0.05, 0.1) is 23.1 Å². The molecule has 0 spiro atoms. The summed E-state index contributed by atoms with van der Waals surface area (Å²) in [6.07, 6.45) is 4.00. The smallest absolute Gasteiger partial charge is 0.295 e. The molecular weight excluding hydrogens is 462 g/mol. The molecule has 1 aliphatic rings. The lowest BCUT2D eigenvalue weighted by Gasteiger charge is -2.25. The zero-order chi connectivity index (χ0) is 25.8. The molecule has 1 N–H and O–H groups in total. The van der Waals surface area contributed by atoms with E-state index in [0.29, 0.717) is 34.6 Å². The Morgan fingerprint density at radius 3 is 2.64 bits per heavy atom. The van der Waals surface area contributed by atoms with Gasteiger partial charge in [-0.2, -0.15) is 0 Å². The molecule has 1 atom stereocenters. The molecule has 9 heteroatoms. The molecule has 0 unspecified atom stereocenters. The largest absolute Gasteiger partial charge is 0.507 e. The Bertz CT molecular complexity index is 1350. The van der Waals surface area contributed by atoms with Crippen LogP contribution in [0.5, 0.6) is 5.75 Å². The van der Waals surface area contributed by atoms with Crippen LogP contribution in [0.1, 0.15) is 41.6 Å². The molecule has 0 aliphatic carbocycles. The number of nitrogens with zero attached hydrogens (tertiary/aromatic N) is 3. The average Bonchev–Trinajstić information content (AvgIpc) is 3.12. The Labute approximate surface area is 207 Å². The van der Waals surface area contributed by atoms with E-state index in [0.717, 1.165) is 6.42 Å². The molecule has 1 amide bonds. The SMILES string of the molecule is CCCOc1ccc(C(O)=C2C(=O)C(=O)N(Cc3cccnc3)[C@@H]2c2cccc([N+](=O)[O-])c2)c(C)c1. The van der Waals surface area contributed by atoms with Crippen molar-refractivity contribution >= 4 is 23.1 Å². The van der Waals surface area contributed by atoms with Crippen molar-refractivity contribution in [2.45, 2.75) is 32.9 Å². The molecule has 3 aromatic rings. The van der Waals surface area contributed by atoms with Crippen LogP contribution in [0.2, 0.25) is 0 Å². The summed E-state index contributed by atoms with van der Waals surface area (Å²) in [7, 11) is 0. The fourth-order valence-electron chi connectivity index (χ4n) is 4.24. The predicted octanol–water partition coefficient (Wildman–Crippen LogP) is 4.71. The Balaban J connectivity index is 1.86. The highest BCUT2D eigenvalue weighted by Gasteiger charge is 2.46. The minimum absolute atomic E-state index is 0.0331. The molecule has 2 heterocycles. The van der Waals surface area contributed by atoms with E-state index in [1.807, 2.05) is 6.92 Å². The van der Waals surface area contributed by atoms with Crippen molar-refractivity contribution in [3.63, 3.8) is 0 Å². The topological polar surface area (TPSA) is 123 Å². The summed E-state index contributed by atoms with van der Waals surface area (Å²) >= 11 is 0. The average molecular weight is 488 g/mol. The molecule has 1 aromatic heterocycles. The fourth-order valence-corrected chi connectivity index (χ4v) is 4.24. The lowest BCUT2D eigenvalue weighted by atomic mass is 9.93. The summed E-state index contributed by atoms with van der Waals surface area (Å²) in [5.41, 5.74) is 1.71. The first kappa shape index (κ1) is 24.6. The molecule has 1 fully saturated rings. The third-order valence-corrected chi connectivity index (χ3v) is 5.94. The molecule has 0 radical (unpaired) electrons. The molecule has 184 valence electrons. The van der Waals surface area contributed by atoms with Gasteiger partial charge in [-0.1, -0.05) is 25.1 Å². The van der Waals surface area contributed by atoms with Gasteiger partial charge in [0.15, 0.2) is 0 Å². The maximum atomic E-state index is 13.3. The summed E-state index contributed by atoms with van der Waals surface area (Å²) in [6, 6.07) is 13.2. The van der Waals surface area contributed by atoms with Gasteiger partial charge < -0.3 is 14.7 Å². The van der Waals surface area contributed by atoms with E-state index in [1.54, 1.807) is 55.7 Å². The van der Waals surface area contributed by atoms with E-state index in [-0.39, 0.29) is 23.6 Å². The summed E-state index contributed by atoms with van der Waals surface area (Å²) in [5, 5.41) is 22.8. The van der Waals surface area contributed by atoms with Gasteiger partial charge in [-0.3, -0.25) is 24.7 Å². The van der Waals surface area contributed by atoms with Gasteiger partial charge in [-0.05, 0) is 54.3 Å². The van der Waals surface area contributed by atoms with Gasteiger partial charge in [0.25, 0.3) is 17.4 Å². The number of hydrogen-bond acceptors (Lipinski definition) is 7. The number of amides is 1. The van der Waals surface area contributed by atoms with E-state index < -0.39 is 22.7 Å². The van der Waals surface area contributed by atoms with E-state index in [9.17, 15) is 24.8 Å². The summed E-state index contributed by atoms with van der Waals surface area (Å²) in [5.74, 6) is -1.40. The second-order valence-corrected chi connectivity index (χ2v) is 8.47. The van der Waals surface area contributed by atoms with E-state index in [1.165, 1.54) is 23.1 Å². The minimum Gasteiger partial charge on any atom is -0.507 e. The minimum atomic E-state index is -1.03. The molecule has 0 saturated carbocycles. The number of nitro groups is 1. The predicted molar refractivity (Wildman–Crippen MR) is 132 cm³/mol. The number of aliphatic hydroxyl groups is 1. The second-order valence-electron chi connectivity index (χ2n) is 8.47. The number of pyridine rings is 1. The lowest BCUT2D eigenvalue weighted by molar-refractivity contribution is -0.384. The first-order chi connectivity index (χ1) is 17.3. The van der Waals surface area contributed by atoms with Gasteiger partial charge in [-0.25, -0.2) is 0 Å². The molecular formula is C27H25N3O6. The molecule has 2 aromatic carbocycles. The summed E-state index contributed by atoms with van der Waals surface area (Å²) < 4.78 is 5.65. The zero-order valence-corrected chi connectivity index (χ0v) is 19.9. The van der Waals surface area contributed by atoms with Crippen LogP contribution in [0.15, 0.2) is 72.6 Å². The maximum absolute atomic E-state index is 13.3. The highest BCUT2D eigenvalue weighted by atomic mass is 16.6. The highest BCUT2D eigenvalue weighted by molar-refractivity contribution is 6.46. The maximum Gasteiger partial charge on any atom is 0.295 e. The number of benzene rings is 2. The van der Waals surface area contributed by atoms with Crippen molar-refractivity contribution in [2.24, 2.45) is 0 Å². The van der Waals surface area contributed by atoms with Crippen LogP contribution >= 0.6 is 0 Å². The van der Waals surface area contributed by atoms with E-state index in [2.05, 4.69) is 4.98 Å². The quantitative estimate of drug-likeness (QED) is 0.160. The Morgan fingerprint density at radius 2 is 1.97 bits per heavy atom. The van der Waals surface area contributed by atoms with Crippen molar-refractivity contribution in [2.75, 3.05) is 6.61 Å². The molecule has 1 saturated heterocycles. The van der Waals surface area contributed by atoms with Crippen LogP contribution in [0.25, 0.3) is 5.76 Å². The van der Waals surface area contributed by atoms with Crippen LogP contribution < -0.4 is 4.74 Å². The Hall–Kier alpha value is -4.53. The number of ether oxygens (including phenoxy) is 1. The second kappa shape index (κ2) is 10.4. The van der Waals surface area contributed by atoms with Gasteiger partial charge >= 0.3 is 0 Å². The number of hydrogen-bond donors (Lipinski definition) is 1. The number of carbonyl (C=O) groups is 2. The van der Waals surface area contributed by atoms with Crippen molar-refractivity contribution in [1.29, 1.82) is 0 Å². The molecule has 4 rings (SSSR count). The fraction of sp³-hybridized carbons (Fsp3) is 0.222. The van der Waals surface area contributed by atoms with Gasteiger partial charge in [0.2, 0.25) is 0 Å². The monoisotopic (exact) mass is 487 g/mol. The zero-order valence-electron chi connectivity index (χ0n) is 19.9. The number of rotatable bonds is 8. The molecule has 36 heavy (non-hydrogen) atoms. The van der Waals surface area contributed by atoms with Crippen LogP contribution in [0, 0.1) is 17.0 Å². The van der Waals surface area contributed by atoms with Gasteiger partial charge in [0, 0.05) is 36.6 Å². The Morgan fingerprint density at radius 1 is 1.17 bits per heavy atom. The third-order valence-electron chi connectivity index (χ3n) is 5.94. The van der Waals surface area contributed by atoms with Crippen LogP contribution in [-0.4, -0.2) is 38.2 Å². The molecule has 1 aliphatic heterocycles. The first-order valence-electron chi connectivity index (χ1n) is 11.5. The van der Waals surface area contributed by atoms with Crippen molar-refractivity contribution in [1.82, 2.24) is 9.88 Å². The number of aryl methyl sites for hydroxylation is 1. The van der Waals surface area contributed by atoms with Crippen LogP contribution in [0.4, 0.5) is 5.69 Å². The Kier molecular flexibility index (Phi) is 7.10. The molecule has 0 bridgehead atoms. The number of ketones is 1. The van der Waals surface area contributed by atoms with Crippen molar-refractivity contribution in [3.8, 4) is 5.75 Å². The van der Waals surface area contributed by atoms with Crippen LogP contribution in [0.3, 0.4) is 0 Å². The number of non-ortho nitro benzene ring substituents is 1. The van der Waals surface area contributed by atoms with E-state index in [4.69, 9.17) is 4.74 Å². The highest BCUT2D eigenvalue weighted by Crippen LogP contribution is 2.41. The number of nitro benzene ring substituents is 1. The van der Waals surface area contributed by atoms with Gasteiger partial charge in [0.1, 0.15) is 11.5 Å². The van der Waals surface area contributed by atoms with Crippen LogP contribution in [-0.2, 0) is 16.1 Å². The van der Waals surface area contributed by atoms with Gasteiger partial charge in [-0.15, -0.1) is 0 Å². The number of aliphatic hydroxyl groups excluding tert-OH is 1. The number of aromatic nitrogens is 1. The number of Topliss-reactive ketones (excluding diaryl/α,β-unsaturated/α-hetero) is 1. The number of likely N-dealkylation sites (tertiary alicyclic amines) is 1. The van der Waals surface area contributed by atoms with E-state index >= 15 is 0 Å².